The van der Waals surface area contributed by atoms with Crippen LogP contribution in [0.4, 0.5) is 0 Å². The quantitative estimate of drug-likeness (QED) is 0.491. The lowest BCUT2D eigenvalue weighted by Crippen LogP contribution is -2.31. The molecule has 0 aliphatic carbocycles. The Bertz CT molecular complexity index is 496. The summed E-state index contributed by atoms with van der Waals surface area (Å²) in [5, 5.41) is 0.442. The molecule has 0 bridgehead atoms. The van der Waals surface area contributed by atoms with Gasteiger partial charge in [0.15, 0.2) is 0 Å². The number of aryl methyl sites for hydroxylation is 1. The highest BCUT2D eigenvalue weighted by Gasteiger charge is 2.17. The van der Waals surface area contributed by atoms with Crippen molar-refractivity contribution in [2.24, 2.45) is 5.84 Å². The molecule has 6 heteroatoms. The first-order valence-corrected chi connectivity index (χ1v) is 5.72. The standard InChI is InChI=1S/C11H14ClN5/c1-2-17-6-5-15-11(17)10(16-13)8-3-4-14-9(12)7-8/h3-7,10,16H,2,13H2,1H3. The average molecular weight is 252 g/mol. The maximum Gasteiger partial charge on any atom is 0.131 e. The summed E-state index contributed by atoms with van der Waals surface area (Å²) in [6.45, 7) is 2.89. The van der Waals surface area contributed by atoms with E-state index < -0.39 is 0 Å². The maximum atomic E-state index is 5.87. The van der Waals surface area contributed by atoms with E-state index in [2.05, 4.69) is 22.3 Å². The molecular weight excluding hydrogens is 238 g/mol. The summed E-state index contributed by atoms with van der Waals surface area (Å²) in [5.74, 6) is 6.46. The minimum atomic E-state index is -0.189. The van der Waals surface area contributed by atoms with E-state index in [0.29, 0.717) is 5.15 Å². The van der Waals surface area contributed by atoms with Crippen LogP contribution in [0.5, 0.6) is 0 Å². The molecule has 5 nitrogen and oxygen atoms in total. The van der Waals surface area contributed by atoms with Gasteiger partial charge in [-0.2, -0.15) is 0 Å². The molecule has 2 aromatic heterocycles. The van der Waals surface area contributed by atoms with Gasteiger partial charge in [-0.3, -0.25) is 5.84 Å². The van der Waals surface area contributed by atoms with Crippen molar-refractivity contribution in [2.75, 3.05) is 0 Å². The van der Waals surface area contributed by atoms with E-state index in [-0.39, 0.29) is 6.04 Å². The summed E-state index contributed by atoms with van der Waals surface area (Å²) in [6.07, 6.45) is 5.33. The summed E-state index contributed by atoms with van der Waals surface area (Å²) in [4.78, 5) is 8.27. The van der Waals surface area contributed by atoms with Gasteiger partial charge in [-0.15, -0.1) is 0 Å². The molecule has 0 aliphatic heterocycles. The molecule has 1 atom stereocenters. The summed E-state index contributed by atoms with van der Waals surface area (Å²) in [5.41, 5.74) is 3.69. The van der Waals surface area contributed by atoms with Crippen molar-refractivity contribution in [1.82, 2.24) is 20.0 Å². The monoisotopic (exact) mass is 251 g/mol. The van der Waals surface area contributed by atoms with Crippen LogP contribution in [0.2, 0.25) is 5.15 Å². The van der Waals surface area contributed by atoms with Gasteiger partial charge in [0, 0.05) is 25.1 Å². The number of nitrogens with zero attached hydrogens (tertiary/aromatic N) is 3. The molecule has 0 saturated carbocycles. The molecule has 90 valence electrons. The van der Waals surface area contributed by atoms with Gasteiger partial charge in [-0.25, -0.2) is 15.4 Å². The van der Waals surface area contributed by atoms with Gasteiger partial charge in [0.05, 0.1) is 0 Å². The number of aromatic nitrogens is 3. The fraction of sp³-hybridized carbons (Fsp3) is 0.273. The Morgan fingerprint density at radius 3 is 2.94 bits per heavy atom. The first-order valence-electron chi connectivity index (χ1n) is 5.35. The zero-order valence-electron chi connectivity index (χ0n) is 9.47. The Morgan fingerprint density at radius 1 is 1.47 bits per heavy atom. The smallest absolute Gasteiger partial charge is 0.131 e. The van der Waals surface area contributed by atoms with Gasteiger partial charge in [-0.1, -0.05) is 11.6 Å². The third kappa shape index (κ3) is 2.46. The Kier molecular flexibility index (Phi) is 3.73. The predicted molar refractivity (Wildman–Crippen MR) is 66.3 cm³/mol. The lowest BCUT2D eigenvalue weighted by Gasteiger charge is -2.17. The summed E-state index contributed by atoms with van der Waals surface area (Å²) in [7, 11) is 0. The normalized spacial score (nSPS) is 12.6. The van der Waals surface area contributed by atoms with Crippen LogP contribution in [0, 0.1) is 0 Å². The Morgan fingerprint density at radius 2 is 2.29 bits per heavy atom. The number of nitrogens with two attached hydrogens (primary N) is 1. The molecule has 0 aromatic carbocycles. The molecule has 0 aliphatic rings. The number of halogens is 1. The van der Waals surface area contributed by atoms with Gasteiger partial charge < -0.3 is 4.57 Å². The van der Waals surface area contributed by atoms with E-state index in [1.807, 2.05) is 16.8 Å². The van der Waals surface area contributed by atoms with Crippen molar-refractivity contribution >= 4 is 11.6 Å². The fourth-order valence-electron chi connectivity index (χ4n) is 1.77. The SMILES string of the molecule is CCn1ccnc1C(NN)c1ccnc(Cl)c1. The molecule has 0 saturated heterocycles. The number of imidazole rings is 1. The fourth-order valence-corrected chi connectivity index (χ4v) is 1.95. The molecular formula is C11H14ClN5. The largest absolute Gasteiger partial charge is 0.334 e. The maximum absolute atomic E-state index is 5.87. The van der Waals surface area contributed by atoms with Crippen LogP contribution in [0.15, 0.2) is 30.7 Å². The number of hydrazine groups is 1. The van der Waals surface area contributed by atoms with Crippen molar-refractivity contribution in [3.63, 3.8) is 0 Å². The van der Waals surface area contributed by atoms with Crippen LogP contribution in [0.1, 0.15) is 24.4 Å². The molecule has 0 amide bonds. The number of nitrogens with one attached hydrogen (secondary N) is 1. The summed E-state index contributed by atoms with van der Waals surface area (Å²) < 4.78 is 2.03. The van der Waals surface area contributed by atoms with Crippen LogP contribution >= 0.6 is 11.6 Å². The summed E-state index contributed by atoms with van der Waals surface area (Å²) in [6, 6.07) is 3.46. The second-order valence-corrected chi connectivity index (χ2v) is 3.97. The van der Waals surface area contributed by atoms with Crippen LogP contribution in [0.25, 0.3) is 0 Å². The van der Waals surface area contributed by atoms with Gasteiger partial charge in [0.1, 0.15) is 17.0 Å². The zero-order chi connectivity index (χ0) is 12.3. The van der Waals surface area contributed by atoms with Crippen molar-refractivity contribution in [3.8, 4) is 0 Å². The third-order valence-corrected chi connectivity index (χ3v) is 2.80. The molecule has 3 N–H and O–H groups in total. The summed E-state index contributed by atoms with van der Waals surface area (Å²) >= 11 is 5.87. The minimum Gasteiger partial charge on any atom is -0.334 e. The second-order valence-electron chi connectivity index (χ2n) is 3.58. The van der Waals surface area contributed by atoms with Crippen LogP contribution in [-0.4, -0.2) is 14.5 Å². The predicted octanol–water partition coefficient (Wildman–Crippen LogP) is 1.50. The van der Waals surface area contributed by atoms with Crippen LogP contribution in [-0.2, 0) is 6.54 Å². The Labute approximate surface area is 105 Å². The molecule has 2 aromatic rings. The highest BCUT2D eigenvalue weighted by atomic mass is 35.5. The van der Waals surface area contributed by atoms with Crippen LogP contribution in [0.3, 0.4) is 0 Å². The van der Waals surface area contributed by atoms with Gasteiger partial charge >= 0.3 is 0 Å². The van der Waals surface area contributed by atoms with E-state index in [0.717, 1.165) is 17.9 Å². The van der Waals surface area contributed by atoms with E-state index in [1.54, 1.807) is 18.5 Å². The van der Waals surface area contributed by atoms with Gasteiger partial charge in [-0.05, 0) is 24.6 Å². The van der Waals surface area contributed by atoms with Gasteiger partial charge in [0.25, 0.3) is 0 Å². The minimum absolute atomic E-state index is 0.189. The average Bonchev–Trinajstić information content (AvgIpc) is 2.78. The zero-order valence-corrected chi connectivity index (χ0v) is 10.2. The van der Waals surface area contributed by atoms with Crippen LogP contribution < -0.4 is 11.3 Å². The van der Waals surface area contributed by atoms with E-state index in [9.17, 15) is 0 Å². The number of pyridine rings is 1. The van der Waals surface area contributed by atoms with Gasteiger partial charge in [0.2, 0.25) is 0 Å². The molecule has 0 spiro atoms. The lowest BCUT2D eigenvalue weighted by molar-refractivity contribution is 0.560. The first-order chi connectivity index (χ1) is 8.26. The molecule has 2 heterocycles. The van der Waals surface area contributed by atoms with Crippen molar-refractivity contribution in [3.05, 3.63) is 47.3 Å². The number of hydrogen-bond acceptors (Lipinski definition) is 4. The molecule has 1 unspecified atom stereocenters. The molecule has 0 fully saturated rings. The van der Waals surface area contributed by atoms with E-state index in [1.165, 1.54) is 0 Å². The highest BCUT2D eigenvalue weighted by molar-refractivity contribution is 6.29. The van der Waals surface area contributed by atoms with Crippen molar-refractivity contribution < 1.29 is 0 Å². The van der Waals surface area contributed by atoms with E-state index in [4.69, 9.17) is 17.4 Å². The van der Waals surface area contributed by atoms with E-state index >= 15 is 0 Å². The van der Waals surface area contributed by atoms with Crippen molar-refractivity contribution in [1.29, 1.82) is 0 Å². The molecule has 2 rings (SSSR count). The molecule has 0 radical (unpaired) electrons. The Hall–Kier alpha value is -1.43. The number of rotatable bonds is 4. The third-order valence-electron chi connectivity index (χ3n) is 2.60. The highest BCUT2D eigenvalue weighted by Crippen LogP contribution is 2.21. The lowest BCUT2D eigenvalue weighted by atomic mass is 10.1. The number of hydrogen-bond donors (Lipinski definition) is 2. The molecule has 17 heavy (non-hydrogen) atoms. The topological polar surface area (TPSA) is 68.8 Å². The second kappa shape index (κ2) is 5.27. The van der Waals surface area contributed by atoms with Crippen molar-refractivity contribution in [2.45, 2.75) is 19.5 Å². The first kappa shape index (κ1) is 12.0. The Balaban J connectivity index is 2.40.